The van der Waals surface area contributed by atoms with E-state index in [1.54, 1.807) is 6.07 Å². The van der Waals surface area contributed by atoms with Crippen molar-refractivity contribution in [3.63, 3.8) is 0 Å². The monoisotopic (exact) mass is 355 g/mol. The van der Waals surface area contributed by atoms with Gasteiger partial charge in [0.05, 0.1) is 5.02 Å². The van der Waals surface area contributed by atoms with Gasteiger partial charge in [0, 0.05) is 16.9 Å². The normalized spacial score (nSPS) is 23.8. The summed E-state index contributed by atoms with van der Waals surface area (Å²) in [7, 11) is -3.63. The van der Waals surface area contributed by atoms with E-state index in [1.807, 2.05) is 0 Å². The van der Waals surface area contributed by atoms with E-state index in [2.05, 4.69) is 4.72 Å². The Labute approximate surface area is 134 Å². The Morgan fingerprint density at radius 3 is 2.45 bits per heavy atom. The second-order valence-electron chi connectivity index (χ2n) is 5.04. The molecule has 0 atom stereocenters. The van der Waals surface area contributed by atoms with Gasteiger partial charge < -0.3 is 0 Å². The summed E-state index contributed by atoms with van der Waals surface area (Å²) in [6.07, 6.45) is 3.76. The Balaban J connectivity index is 2.02. The third kappa shape index (κ3) is 4.25. The molecule has 7 heteroatoms. The molecule has 2 rings (SSSR count). The molecule has 0 bridgehead atoms. The number of benzene rings is 1. The molecule has 0 aromatic heterocycles. The summed E-state index contributed by atoms with van der Waals surface area (Å²) in [6, 6.07) is 4.41. The smallest absolute Gasteiger partial charge is 0.211 e. The van der Waals surface area contributed by atoms with Gasteiger partial charge in [-0.15, -0.1) is 11.6 Å². The van der Waals surface area contributed by atoms with Crippen molar-refractivity contribution in [1.82, 2.24) is 4.72 Å². The Bertz CT molecular complexity index is 569. The first-order valence-corrected chi connectivity index (χ1v) is 9.15. The van der Waals surface area contributed by atoms with Gasteiger partial charge in [-0.2, -0.15) is 0 Å². The van der Waals surface area contributed by atoms with Crippen LogP contribution in [0, 0.1) is 5.92 Å². The van der Waals surface area contributed by atoms with E-state index in [0.717, 1.165) is 25.7 Å². The van der Waals surface area contributed by atoms with Crippen LogP contribution >= 0.6 is 34.8 Å². The minimum atomic E-state index is -3.63. The summed E-state index contributed by atoms with van der Waals surface area (Å²) in [5.41, 5.74) is 0. The standard InChI is InChI=1S/C13H16Cl3NO2S/c14-10-3-1-9(2-4-10)8-17-20(18,19)13-7-11(15)5-6-12(13)16/h5-7,9-10,17H,1-4,8H2. The van der Waals surface area contributed by atoms with Crippen molar-refractivity contribution in [1.29, 1.82) is 0 Å². The summed E-state index contributed by atoms with van der Waals surface area (Å²) in [5.74, 6) is 0.331. The molecule has 1 aliphatic carbocycles. The zero-order valence-corrected chi connectivity index (χ0v) is 13.9. The highest BCUT2D eigenvalue weighted by atomic mass is 35.5. The van der Waals surface area contributed by atoms with E-state index in [9.17, 15) is 8.42 Å². The Morgan fingerprint density at radius 1 is 1.15 bits per heavy atom. The average Bonchev–Trinajstić information content (AvgIpc) is 2.41. The molecule has 0 unspecified atom stereocenters. The molecule has 1 aliphatic rings. The van der Waals surface area contributed by atoms with Gasteiger partial charge in [0.1, 0.15) is 4.90 Å². The van der Waals surface area contributed by atoms with Crippen LogP contribution in [0.2, 0.25) is 10.0 Å². The zero-order chi connectivity index (χ0) is 14.8. The molecule has 112 valence electrons. The molecule has 0 amide bonds. The van der Waals surface area contributed by atoms with Crippen molar-refractivity contribution in [3.05, 3.63) is 28.2 Å². The number of hydrogen-bond acceptors (Lipinski definition) is 2. The Kier molecular flexibility index (Phi) is 5.60. The number of sulfonamides is 1. The van der Waals surface area contributed by atoms with Crippen LogP contribution in [0.4, 0.5) is 0 Å². The molecule has 1 aromatic rings. The summed E-state index contributed by atoms with van der Waals surface area (Å²) in [4.78, 5) is 0.0256. The molecule has 1 saturated carbocycles. The fraction of sp³-hybridized carbons (Fsp3) is 0.538. The summed E-state index contributed by atoms with van der Waals surface area (Å²) in [5, 5.41) is 0.744. The molecule has 3 nitrogen and oxygen atoms in total. The fourth-order valence-electron chi connectivity index (χ4n) is 2.31. The predicted octanol–water partition coefficient (Wildman–Crippen LogP) is 4.07. The van der Waals surface area contributed by atoms with E-state index in [0.29, 0.717) is 17.5 Å². The third-order valence-electron chi connectivity index (χ3n) is 3.52. The largest absolute Gasteiger partial charge is 0.242 e. The second-order valence-corrected chi connectivity index (χ2v) is 8.24. The first kappa shape index (κ1) is 16.4. The van der Waals surface area contributed by atoms with Crippen LogP contribution in [-0.4, -0.2) is 20.3 Å². The number of rotatable bonds is 4. The van der Waals surface area contributed by atoms with Crippen LogP contribution < -0.4 is 4.72 Å². The van der Waals surface area contributed by atoms with Crippen LogP contribution in [0.25, 0.3) is 0 Å². The van der Waals surface area contributed by atoms with Gasteiger partial charge in [-0.1, -0.05) is 23.2 Å². The predicted molar refractivity (Wildman–Crippen MR) is 83.2 cm³/mol. The number of nitrogens with one attached hydrogen (secondary N) is 1. The molecule has 0 spiro atoms. The summed E-state index contributed by atoms with van der Waals surface area (Å²) >= 11 is 17.8. The van der Waals surface area contributed by atoms with Crippen molar-refractivity contribution >= 4 is 44.8 Å². The summed E-state index contributed by atoms with van der Waals surface area (Å²) < 4.78 is 27.1. The highest BCUT2D eigenvalue weighted by molar-refractivity contribution is 7.89. The van der Waals surface area contributed by atoms with Gasteiger partial charge in [-0.3, -0.25) is 0 Å². The van der Waals surface area contributed by atoms with Crippen molar-refractivity contribution in [3.8, 4) is 0 Å². The second kappa shape index (κ2) is 6.84. The number of hydrogen-bond donors (Lipinski definition) is 1. The van der Waals surface area contributed by atoms with Gasteiger partial charge in [-0.05, 0) is 49.8 Å². The molecule has 0 radical (unpaired) electrons. The summed E-state index contributed by atoms with van der Waals surface area (Å²) in [6.45, 7) is 0.411. The van der Waals surface area contributed by atoms with Crippen molar-refractivity contribution < 1.29 is 8.42 Å². The molecule has 0 aliphatic heterocycles. The average molecular weight is 357 g/mol. The molecular weight excluding hydrogens is 341 g/mol. The Morgan fingerprint density at radius 2 is 1.80 bits per heavy atom. The van der Waals surface area contributed by atoms with Gasteiger partial charge in [0.25, 0.3) is 0 Å². The molecule has 0 saturated heterocycles. The lowest BCUT2D eigenvalue weighted by Crippen LogP contribution is -2.31. The number of alkyl halides is 1. The van der Waals surface area contributed by atoms with E-state index >= 15 is 0 Å². The highest BCUT2D eigenvalue weighted by Gasteiger charge is 2.23. The minimum Gasteiger partial charge on any atom is -0.211 e. The maximum Gasteiger partial charge on any atom is 0.242 e. The fourth-order valence-corrected chi connectivity index (χ4v) is 4.44. The van der Waals surface area contributed by atoms with Crippen molar-refractivity contribution in [2.75, 3.05) is 6.54 Å². The highest BCUT2D eigenvalue weighted by Crippen LogP contribution is 2.28. The van der Waals surface area contributed by atoms with Gasteiger partial charge in [0.15, 0.2) is 0 Å². The van der Waals surface area contributed by atoms with E-state index in [1.165, 1.54) is 12.1 Å². The van der Waals surface area contributed by atoms with Crippen LogP contribution in [0.5, 0.6) is 0 Å². The molecule has 1 fully saturated rings. The quantitative estimate of drug-likeness (QED) is 0.827. The molecule has 1 N–H and O–H groups in total. The van der Waals surface area contributed by atoms with Crippen LogP contribution in [0.3, 0.4) is 0 Å². The van der Waals surface area contributed by atoms with Gasteiger partial charge in [0.2, 0.25) is 10.0 Å². The topological polar surface area (TPSA) is 46.2 Å². The SMILES string of the molecule is O=S(=O)(NCC1CCC(Cl)CC1)c1cc(Cl)ccc1Cl. The minimum absolute atomic E-state index is 0.0256. The lowest BCUT2D eigenvalue weighted by atomic mass is 9.89. The molecule has 20 heavy (non-hydrogen) atoms. The first-order valence-electron chi connectivity index (χ1n) is 6.47. The molecule has 1 aromatic carbocycles. The maximum absolute atomic E-state index is 12.2. The van der Waals surface area contributed by atoms with Crippen LogP contribution in [0.1, 0.15) is 25.7 Å². The van der Waals surface area contributed by atoms with E-state index < -0.39 is 10.0 Å². The van der Waals surface area contributed by atoms with Crippen molar-refractivity contribution in [2.45, 2.75) is 36.0 Å². The van der Waals surface area contributed by atoms with Crippen LogP contribution in [-0.2, 0) is 10.0 Å². The first-order chi connectivity index (χ1) is 9.38. The number of halogens is 3. The Hall–Kier alpha value is -0.000000000000000167. The zero-order valence-electron chi connectivity index (χ0n) is 10.8. The van der Waals surface area contributed by atoms with Gasteiger partial charge >= 0.3 is 0 Å². The van der Waals surface area contributed by atoms with Crippen LogP contribution in [0.15, 0.2) is 23.1 Å². The lowest BCUT2D eigenvalue weighted by Gasteiger charge is -2.25. The van der Waals surface area contributed by atoms with Crippen molar-refractivity contribution in [2.24, 2.45) is 5.92 Å². The van der Waals surface area contributed by atoms with E-state index in [4.69, 9.17) is 34.8 Å². The lowest BCUT2D eigenvalue weighted by molar-refractivity contribution is 0.361. The maximum atomic E-state index is 12.2. The molecule has 0 heterocycles. The van der Waals surface area contributed by atoms with Gasteiger partial charge in [-0.25, -0.2) is 13.1 Å². The molecular formula is C13H16Cl3NO2S. The van der Waals surface area contributed by atoms with E-state index in [-0.39, 0.29) is 15.3 Å². The third-order valence-corrected chi connectivity index (χ3v) is 6.10.